The Morgan fingerprint density at radius 1 is 1.56 bits per heavy atom. The Kier molecular flexibility index (Phi) is 4.94. The SMILES string of the molecule is CCC(C)[C@H](NC(=O)N1CCNC(=O)C1)C(=O)O. The molecule has 0 aromatic carbocycles. The van der Waals surface area contributed by atoms with Gasteiger partial charge in [0.25, 0.3) is 0 Å². The summed E-state index contributed by atoms with van der Waals surface area (Å²) in [5, 5.41) is 14.1. The van der Waals surface area contributed by atoms with Crippen LogP contribution >= 0.6 is 0 Å². The van der Waals surface area contributed by atoms with Crippen LogP contribution in [0.15, 0.2) is 0 Å². The van der Waals surface area contributed by atoms with Gasteiger partial charge in [0.1, 0.15) is 12.6 Å². The van der Waals surface area contributed by atoms with E-state index in [2.05, 4.69) is 10.6 Å². The number of carboxylic acids is 1. The summed E-state index contributed by atoms with van der Waals surface area (Å²) < 4.78 is 0. The molecule has 0 radical (unpaired) electrons. The molecule has 0 aromatic rings. The van der Waals surface area contributed by atoms with Gasteiger partial charge in [-0.25, -0.2) is 9.59 Å². The van der Waals surface area contributed by atoms with E-state index in [0.29, 0.717) is 19.5 Å². The molecule has 3 amide bonds. The number of urea groups is 1. The minimum absolute atomic E-state index is 0.0291. The Hall–Kier alpha value is -1.79. The highest BCUT2D eigenvalue weighted by Crippen LogP contribution is 2.08. The molecule has 1 unspecified atom stereocenters. The summed E-state index contributed by atoms with van der Waals surface area (Å²) >= 11 is 0. The lowest BCUT2D eigenvalue weighted by atomic mass is 9.99. The molecule has 18 heavy (non-hydrogen) atoms. The molecule has 0 spiro atoms. The number of hydrogen-bond donors (Lipinski definition) is 3. The number of piperazine rings is 1. The van der Waals surface area contributed by atoms with Gasteiger partial charge in [-0.3, -0.25) is 4.79 Å². The number of hydrogen-bond acceptors (Lipinski definition) is 3. The normalized spacial score (nSPS) is 18.8. The van der Waals surface area contributed by atoms with Crippen LogP contribution in [-0.2, 0) is 9.59 Å². The molecule has 1 aliphatic heterocycles. The van der Waals surface area contributed by atoms with Crippen LogP contribution < -0.4 is 10.6 Å². The van der Waals surface area contributed by atoms with Crippen molar-refractivity contribution < 1.29 is 19.5 Å². The summed E-state index contributed by atoms with van der Waals surface area (Å²) in [6, 6.07) is -1.43. The number of nitrogens with one attached hydrogen (secondary N) is 2. The maximum atomic E-state index is 11.9. The average Bonchev–Trinajstić information content (AvgIpc) is 2.34. The van der Waals surface area contributed by atoms with E-state index in [4.69, 9.17) is 5.11 Å². The zero-order valence-electron chi connectivity index (χ0n) is 10.6. The van der Waals surface area contributed by atoms with Gasteiger partial charge in [-0.05, 0) is 5.92 Å². The minimum Gasteiger partial charge on any atom is -0.480 e. The molecule has 2 atom stereocenters. The lowest BCUT2D eigenvalue weighted by Gasteiger charge is -2.29. The van der Waals surface area contributed by atoms with Crippen molar-refractivity contribution >= 4 is 17.9 Å². The fraction of sp³-hybridized carbons (Fsp3) is 0.727. The second kappa shape index (κ2) is 6.23. The van der Waals surface area contributed by atoms with Gasteiger partial charge < -0.3 is 20.6 Å². The summed E-state index contributed by atoms with van der Waals surface area (Å²) in [7, 11) is 0. The monoisotopic (exact) mass is 257 g/mol. The van der Waals surface area contributed by atoms with Gasteiger partial charge in [0.05, 0.1) is 0 Å². The average molecular weight is 257 g/mol. The summed E-state index contributed by atoms with van der Waals surface area (Å²) in [6.45, 7) is 4.39. The number of rotatable bonds is 4. The van der Waals surface area contributed by atoms with E-state index in [1.165, 1.54) is 4.90 Å². The zero-order valence-corrected chi connectivity index (χ0v) is 10.6. The summed E-state index contributed by atoms with van der Waals surface area (Å²) in [5.74, 6) is -1.45. The number of amides is 3. The highest BCUT2D eigenvalue weighted by molar-refractivity contribution is 5.87. The Morgan fingerprint density at radius 3 is 2.72 bits per heavy atom. The molecule has 7 nitrogen and oxygen atoms in total. The predicted octanol–water partition coefficient (Wildman–Crippen LogP) is -0.373. The van der Waals surface area contributed by atoms with Crippen molar-refractivity contribution in [1.82, 2.24) is 15.5 Å². The molecule has 0 bridgehead atoms. The smallest absolute Gasteiger partial charge is 0.326 e. The zero-order chi connectivity index (χ0) is 13.7. The molecule has 0 saturated carbocycles. The highest BCUT2D eigenvalue weighted by atomic mass is 16.4. The van der Waals surface area contributed by atoms with Crippen LogP contribution in [0, 0.1) is 5.92 Å². The van der Waals surface area contributed by atoms with Crippen molar-refractivity contribution in [2.75, 3.05) is 19.6 Å². The first-order chi connectivity index (χ1) is 8.45. The third kappa shape index (κ3) is 3.61. The molecule has 3 N–H and O–H groups in total. The van der Waals surface area contributed by atoms with Gasteiger partial charge in [-0.15, -0.1) is 0 Å². The van der Waals surface area contributed by atoms with Crippen molar-refractivity contribution in [2.45, 2.75) is 26.3 Å². The minimum atomic E-state index is -1.06. The van der Waals surface area contributed by atoms with Gasteiger partial charge in [-0.2, -0.15) is 0 Å². The van der Waals surface area contributed by atoms with Crippen molar-refractivity contribution in [3.63, 3.8) is 0 Å². The molecule has 7 heteroatoms. The predicted molar refractivity (Wildman–Crippen MR) is 64.0 cm³/mol. The first kappa shape index (κ1) is 14.3. The Bertz CT molecular complexity index is 345. The van der Waals surface area contributed by atoms with E-state index in [1.807, 2.05) is 6.92 Å². The third-order valence-corrected chi connectivity index (χ3v) is 3.08. The van der Waals surface area contributed by atoms with Gasteiger partial charge in [-0.1, -0.05) is 20.3 Å². The Balaban J connectivity index is 2.60. The molecule has 1 fully saturated rings. The van der Waals surface area contributed by atoms with Crippen LogP contribution in [0.25, 0.3) is 0 Å². The van der Waals surface area contributed by atoms with E-state index >= 15 is 0 Å². The molecular formula is C11H19N3O4. The molecule has 1 aliphatic rings. The third-order valence-electron chi connectivity index (χ3n) is 3.08. The van der Waals surface area contributed by atoms with Crippen molar-refractivity contribution in [3.8, 4) is 0 Å². The number of nitrogens with zero attached hydrogens (tertiary/aromatic N) is 1. The first-order valence-corrected chi connectivity index (χ1v) is 6.00. The highest BCUT2D eigenvalue weighted by Gasteiger charge is 2.29. The molecule has 0 aliphatic carbocycles. The van der Waals surface area contributed by atoms with Crippen LogP contribution in [0.5, 0.6) is 0 Å². The summed E-state index contributed by atoms with van der Waals surface area (Å²) in [6.07, 6.45) is 0.651. The summed E-state index contributed by atoms with van der Waals surface area (Å²) in [4.78, 5) is 35.4. The standard InChI is InChI=1S/C11H19N3O4/c1-3-7(2)9(10(16)17)13-11(18)14-5-4-12-8(15)6-14/h7,9H,3-6H2,1-2H3,(H,12,15)(H,13,18)(H,16,17)/t7?,9-/m0/s1. The number of carbonyl (C=O) groups is 3. The van der Waals surface area contributed by atoms with Crippen LogP contribution in [-0.4, -0.2) is 53.6 Å². The first-order valence-electron chi connectivity index (χ1n) is 6.00. The quantitative estimate of drug-likeness (QED) is 0.639. The van der Waals surface area contributed by atoms with Crippen molar-refractivity contribution in [2.24, 2.45) is 5.92 Å². The maximum Gasteiger partial charge on any atom is 0.326 e. The van der Waals surface area contributed by atoms with Gasteiger partial charge in [0, 0.05) is 13.1 Å². The summed E-state index contributed by atoms with van der Waals surface area (Å²) in [5.41, 5.74) is 0. The lowest BCUT2D eigenvalue weighted by Crippen LogP contribution is -2.56. The van der Waals surface area contributed by atoms with E-state index in [9.17, 15) is 14.4 Å². The fourth-order valence-electron chi connectivity index (χ4n) is 1.72. The molecule has 1 heterocycles. The van der Waals surface area contributed by atoms with Gasteiger partial charge in [0.15, 0.2) is 0 Å². The van der Waals surface area contributed by atoms with E-state index < -0.39 is 18.0 Å². The van der Waals surface area contributed by atoms with Crippen LogP contribution in [0.2, 0.25) is 0 Å². The fourth-order valence-corrected chi connectivity index (χ4v) is 1.72. The van der Waals surface area contributed by atoms with Crippen molar-refractivity contribution in [3.05, 3.63) is 0 Å². The molecule has 1 saturated heterocycles. The van der Waals surface area contributed by atoms with Crippen molar-refractivity contribution in [1.29, 1.82) is 0 Å². The second-order valence-electron chi connectivity index (χ2n) is 4.42. The largest absolute Gasteiger partial charge is 0.480 e. The van der Waals surface area contributed by atoms with Crippen LogP contribution in [0.3, 0.4) is 0 Å². The molecular weight excluding hydrogens is 238 g/mol. The molecule has 1 rings (SSSR count). The Labute approximate surface area is 106 Å². The number of aliphatic carboxylic acids is 1. The Morgan fingerprint density at radius 2 is 2.22 bits per heavy atom. The number of carbonyl (C=O) groups excluding carboxylic acids is 2. The van der Waals surface area contributed by atoms with Crippen LogP contribution in [0.1, 0.15) is 20.3 Å². The van der Waals surface area contributed by atoms with Crippen LogP contribution in [0.4, 0.5) is 4.79 Å². The van der Waals surface area contributed by atoms with E-state index in [1.54, 1.807) is 6.92 Å². The second-order valence-corrected chi connectivity index (χ2v) is 4.42. The van der Waals surface area contributed by atoms with E-state index in [0.717, 1.165) is 0 Å². The lowest BCUT2D eigenvalue weighted by molar-refractivity contribution is -0.140. The molecule has 0 aromatic heterocycles. The van der Waals surface area contributed by atoms with Gasteiger partial charge in [0.2, 0.25) is 5.91 Å². The topological polar surface area (TPSA) is 98.7 Å². The van der Waals surface area contributed by atoms with Gasteiger partial charge >= 0.3 is 12.0 Å². The molecule has 102 valence electrons. The number of carboxylic acid groups (broad SMARTS) is 1. The van der Waals surface area contributed by atoms with E-state index in [-0.39, 0.29) is 18.4 Å². The maximum absolute atomic E-state index is 11.9.